The van der Waals surface area contributed by atoms with Crippen molar-refractivity contribution in [3.05, 3.63) is 23.8 Å². The molecule has 4 heteroatoms. The van der Waals surface area contributed by atoms with Crippen LogP contribution in [-0.4, -0.2) is 44.5 Å². The van der Waals surface area contributed by atoms with Gasteiger partial charge in [-0.1, -0.05) is 13.0 Å². The van der Waals surface area contributed by atoms with Crippen LogP contribution in [0.2, 0.25) is 0 Å². The zero-order chi connectivity index (χ0) is 15.2. The first-order chi connectivity index (χ1) is 10.1. The van der Waals surface area contributed by atoms with Crippen molar-refractivity contribution in [3.8, 4) is 11.5 Å². The highest BCUT2D eigenvalue weighted by molar-refractivity contribution is 5.52. The molecule has 1 aliphatic heterocycles. The van der Waals surface area contributed by atoms with Crippen LogP contribution >= 0.6 is 0 Å². The van der Waals surface area contributed by atoms with Crippen molar-refractivity contribution in [1.82, 2.24) is 4.90 Å². The number of aldehydes is 1. The average Bonchev–Trinajstić information content (AvgIpc) is 2.50. The van der Waals surface area contributed by atoms with E-state index < -0.39 is 0 Å². The second kappa shape index (κ2) is 7.46. The first-order valence-electron chi connectivity index (χ1n) is 7.60. The second-order valence-corrected chi connectivity index (χ2v) is 5.83. The van der Waals surface area contributed by atoms with Gasteiger partial charge in [0.15, 0.2) is 11.5 Å². The molecule has 1 unspecified atom stereocenters. The molecule has 0 spiro atoms. The van der Waals surface area contributed by atoms with Crippen molar-refractivity contribution in [1.29, 1.82) is 0 Å². The Bertz CT molecular complexity index is 467. The maximum absolute atomic E-state index is 10.6. The van der Waals surface area contributed by atoms with E-state index in [0.29, 0.717) is 6.42 Å². The molecule has 0 saturated carbocycles. The fraction of sp³-hybridized carbons (Fsp3) is 0.588. The Kier molecular flexibility index (Phi) is 5.62. The number of benzene rings is 1. The van der Waals surface area contributed by atoms with Gasteiger partial charge < -0.3 is 19.2 Å². The molecular formula is C17H25NO3. The van der Waals surface area contributed by atoms with Crippen molar-refractivity contribution in [2.24, 2.45) is 0 Å². The minimum absolute atomic E-state index is 0.203. The van der Waals surface area contributed by atoms with Gasteiger partial charge in [0.25, 0.3) is 0 Å². The van der Waals surface area contributed by atoms with Crippen LogP contribution in [-0.2, 0) is 4.79 Å². The van der Waals surface area contributed by atoms with Crippen LogP contribution in [0.4, 0.5) is 0 Å². The minimum Gasteiger partial charge on any atom is -0.493 e. The molecule has 21 heavy (non-hydrogen) atoms. The number of hydrogen-bond donors (Lipinski definition) is 0. The largest absolute Gasteiger partial charge is 0.493 e. The quantitative estimate of drug-likeness (QED) is 0.756. The van der Waals surface area contributed by atoms with E-state index in [2.05, 4.69) is 11.9 Å². The van der Waals surface area contributed by atoms with Gasteiger partial charge in [0.1, 0.15) is 12.4 Å². The lowest BCUT2D eigenvalue weighted by atomic mass is 9.98. The summed E-state index contributed by atoms with van der Waals surface area (Å²) in [5.74, 6) is 1.76. The summed E-state index contributed by atoms with van der Waals surface area (Å²) in [6, 6.07) is 5.98. The maximum atomic E-state index is 10.6. The van der Waals surface area contributed by atoms with Gasteiger partial charge in [-0.3, -0.25) is 0 Å². The molecule has 0 aliphatic carbocycles. The Labute approximate surface area is 127 Å². The van der Waals surface area contributed by atoms with Crippen LogP contribution < -0.4 is 9.47 Å². The van der Waals surface area contributed by atoms with E-state index in [4.69, 9.17) is 9.47 Å². The minimum atomic E-state index is 0.203. The van der Waals surface area contributed by atoms with E-state index in [9.17, 15) is 4.79 Å². The molecule has 1 fully saturated rings. The Morgan fingerprint density at radius 1 is 1.33 bits per heavy atom. The van der Waals surface area contributed by atoms with Crippen LogP contribution in [0.25, 0.3) is 0 Å². The molecule has 1 saturated heterocycles. The molecule has 1 aromatic rings. The van der Waals surface area contributed by atoms with Crippen LogP contribution in [0.3, 0.4) is 0 Å². The van der Waals surface area contributed by atoms with Gasteiger partial charge in [0, 0.05) is 19.5 Å². The molecule has 2 rings (SSSR count). The maximum Gasteiger partial charge on any atom is 0.161 e. The summed E-state index contributed by atoms with van der Waals surface area (Å²) in [4.78, 5) is 13.0. The van der Waals surface area contributed by atoms with Gasteiger partial charge in [0.05, 0.1) is 7.11 Å². The number of likely N-dealkylation sites (tertiary alicyclic amines) is 1. The average molecular weight is 291 g/mol. The summed E-state index contributed by atoms with van der Waals surface area (Å²) >= 11 is 0. The summed E-state index contributed by atoms with van der Waals surface area (Å²) in [5.41, 5.74) is 1.11. The Hall–Kier alpha value is -1.55. The monoisotopic (exact) mass is 291 g/mol. The molecule has 1 atom stereocenters. The Morgan fingerprint density at radius 3 is 2.67 bits per heavy atom. The van der Waals surface area contributed by atoms with E-state index in [1.54, 1.807) is 7.11 Å². The highest BCUT2D eigenvalue weighted by atomic mass is 16.5. The van der Waals surface area contributed by atoms with Gasteiger partial charge in [-0.15, -0.1) is 0 Å². The number of ether oxygens (including phenoxy) is 2. The highest BCUT2D eigenvalue weighted by Crippen LogP contribution is 2.33. The van der Waals surface area contributed by atoms with Gasteiger partial charge in [-0.25, -0.2) is 0 Å². The SMILES string of the molecule is COc1cc(C(C)CC=O)ccc1OC1CCN(C)CC1. The lowest BCUT2D eigenvalue weighted by Crippen LogP contribution is -2.35. The first-order valence-corrected chi connectivity index (χ1v) is 7.60. The van der Waals surface area contributed by atoms with Crippen molar-refractivity contribution in [2.45, 2.75) is 38.2 Å². The van der Waals surface area contributed by atoms with Gasteiger partial charge >= 0.3 is 0 Å². The van der Waals surface area contributed by atoms with Crippen molar-refractivity contribution >= 4 is 6.29 Å². The second-order valence-electron chi connectivity index (χ2n) is 5.83. The molecule has 1 aromatic carbocycles. The predicted molar refractivity (Wildman–Crippen MR) is 83.2 cm³/mol. The Balaban J connectivity index is 2.07. The summed E-state index contributed by atoms with van der Waals surface area (Å²) in [6.07, 6.45) is 3.83. The molecule has 0 bridgehead atoms. The molecule has 0 amide bonds. The Morgan fingerprint density at radius 2 is 2.05 bits per heavy atom. The number of hydrogen-bond acceptors (Lipinski definition) is 4. The molecule has 116 valence electrons. The van der Waals surface area contributed by atoms with Crippen molar-refractivity contribution < 1.29 is 14.3 Å². The van der Waals surface area contributed by atoms with Crippen LogP contribution in [0, 0.1) is 0 Å². The van der Waals surface area contributed by atoms with E-state index in [1.165, 1.54) is 0 Å². The van der Waals surface area contributed by atoms with E-state index in [1.807, 2.05) is 25.1 Å². The number of piperidine rings is 1. The molecule has 4 nitrogen and oxygen atoms in total. The smallest absolute Gasteiger partial charge is 0.161 e. The topological polar surface area (TPSA) is 38.8 Å². The number of rotatable bonds is 6. The first kappa shape index (κ1) is 15.8. The molecule has 0 aromatic heterocycles. The highest BCUT2D eigenvalue weighted by Gasteiger charge is 2.20. The molecule has 0 N–H and O–H groups in total. The van der Waals surface area contributed by atoms with Crippen molar-refractivity contribution in [3.63, 3.8) is 0 Å². The lowest BCUT2D eigenvalue weighted by molar-refractivity contribution is -0.108. The molecular weight excluding hydrogens is 266 g/mol. The predicted octanol–water partition coefficient (Wildman–Crippen LogP) is 2.86. The lowest BCUT2D eigenvalue weighted by Gasteiger charge is -2.29. The van der Waals surface area contributed by atoms with Crippen LogP contribution in [0.15, 0.2) is 18.2 Å². The summed E-state index contributed by atoms with van der Waals surface area (Å²) < 4.78 is 11.6. The van der Waals surface area contributed by atoms with E-state index >= 15 is 0 Å². The van der Waals surface area contributed by atoms with Crippen LogP contribution in [0.1, 0.15) is 37.7 Å². The number of carbonyl (C=O) groups excluding carboxylic acids is 1. The number of carbonyl (C=O) groups is 1. The standard InChI is InChI=1S/C17H25NO3/c1-13(8-11-19)14-4-5-16(17(12-14)20-3)21-15-6-9-18(2)10-7-15/h4-5,11-13,15H,6-10H2,1-3H3. The number of nitrogens with zero attached hydrogens (tertiary/aromatic N) is 1. The normalized spacial score (nSPS) is 18.2. The van der Waals surface area contributed by atoms with Crippen LogP contribution in [0.5, 0.6) is 11.5 Å². The zero-order valence-corrected chi connectivity index (χ0v) is 13.2. The fourth-order valence-electron chi connectivity index (χ4n) is 2.65. The van der Waals surface area contributed by atoms with Gasteiger partial charge in [-0.2, -0.15) is 0 Å². The van der Waals surface area contributed by atoms with Crippen molar-refractivity contribution in [2.75, 3.05) is 27.2 Å². The third-order valence-electron chi connectivity index (χ3n) is 4.17. The number of methoxy groups -OCH3 is 1. The van der Waals surface area contributed by atoms with Gasteiger partial charge in [-0.05, 0) is 43.5 Å². The molecule has 1 aliphatic rings. The summed E-state index contributed by atoms with van der Waals surface area (Å²) in [6.45, 7) is 4.18. The van der Waals surface area contributed by atoms with Gasteiger partial charge in [0.2, 0.25) is 0 Å². The van der Waals surface area contributed by atoms with E-state index in [-0.39, 0.29) is 12.0 Å². The third kappa shape index (κ3) is 4.21. The molecule has 0 radical (unpaired) electrons. The molecule has 1 heterocycles. The fourth-order valence-corrected chi connectivity index (χ4v) is 2.65. The third-order valence-corrected chi connectivity index (χ3v) is 4.17. The summed E-state index contributed by atoms with van der Waals surface area (Å²) in [7, 11) is 3.80. The van der Waals surface area contributed by atoms with E-state index in [0.717, 1.165) is 49.3 Å². The summed E-state index contributed by atoms with van der Waals surface area (Å²) in [5, 5.41) is 0. The zero-order valence-electron chi connectivity index (χ0n) is 13.2.